The Morgan fingerprint density at radius 3 is 2.53 bits per heavy atom. The van der Waals surface area contributed by atoms with Crippen LogP contribution in [0.2, 0.25) is 0 Å². The SMILES string of the molecule is CCC1CCN(C(C)C2CCCC2)C(CN)C1. The third-order valence-corrected chi connectivity index (χ3v) is 5.32. The van der Waals surface area contributed by atoms with Gasteiger partial charge in [0.1, 0.15) is 0 Å². The standard InChI is InChI=1S/C15H30N2/c1-3-13-8-9-17(15(10-13)11-16)12(2)14-6-4-5-7-14/h12-15H,3-11,16H2,1-2H3. The normalized spacial score (nSPS) is 34.1. The summed E-state index contributed by atoms with van der Waals surface area (Å²) in [7, 11) is 0. The first-order valence-corrected chi connectivity index (χ1v) is 7.72. The minimum Gasteiger partial charge on any atom is -0.329 e. The Morgan fingerprint density at radius 1 is 1.24 bits per heavy atom. The fourth-order valence-corrected chi connectivity index (χ4v) is 4.00. The van der Waals surface area contributed by atoms with Gasteiger partial charge >= 0.3 is 0 Å². The highest BCUT2D eigenvalue weighted by atomic mass is 15.2. The molecule has 2 aliphatic rings. The van der Waals surface area contributed by atoms with Gasteiger partial charge in [0.2, 0.25) is 0 Å². The molecule has 2 nitrogen and oxygen atoms in total. The van der Waals surface area contributed by atoms with Gasteiger partial charge in [-0.05, 0) is 51.0 Å². The zero-order valence-electron chi connectivity index (χ0n) is 11.7. The Labute approximate surface area is 107 Å². The largest absolute Gasteiger partial charge is 0.329 e. The minimum atomic E-state index is 0.657. The smallest absolute Gasteiger partial charge is 0.0223 e. The van der Waals surface area contributed by atoms with Crippen molar-refractivity contribution in [2.45, 2.75) is 70.9 Å². The number of nitrogens with two attached hydrogens (primary N) is 1. The van der Waals surface area contributed by atoms with Crippen molar-refractivity contribution in [3.8, 4) is 0 Å². The molecule has 1 saturated heterocycles. The van der Waals surface area contributed by atoms with Crippen LogP contribution < -0.4 is 5.73 Å². The summed E-state index contributed by atoms with van der Waals surface area (Å²) in [6.07, 6.45) is 9.87. The summed E-state index contributed by atoms with van der Waals surface area (Å²) in [5.74, 6) is 1.87. The van der Waals surface area contributed by atoms with Gasteiger partial charge < -0.3 is 5.73 Å². The summed E-state index contributed by atoms with van der Waals surface area (Å²) in [6.45, 7) is 6.92. The van der Waals surface area contributed by atoms with E-state index in [0.29, 0.717) is 6.04 Å². The molecule has 1 heterocycles. The van der Waals surface area contributed by atoms with Gasteiger partial charge in [0.05, 0.1) is 0 Å². The maximum atomic E-state index is 6.01. The third-order valence-electron chi connectivity index (χ3n) is 5.32. The molecule has 0 radical (unpaired) electrons. The molecule has 1 aliphatic heterocycles. The topological polar surface area (TPSA) is 29.3 Å². The first-order chi connectivity index (χ1) is 8.26. The maximum absolute atomic E-state index is 6.01. The number of rotatable bonds is 4. The molecule has 1 saturated carbocycles. The summed E-state index contributed by atoms with van der Waals surface area (Å²) in [6, 6.07) is 1.42. The summed E-state index contributed by atoms with van der Waals surface area (Å²) in [5.41, 5.74) is 6.01. The van der Waals surface area contributed by atoms with Crippen LogP contribution in [0.3, 0.4) is 0 Å². The molecule has 2 fully saturated rings. The van der Waals surface area contributed by atoms with E-state index in [4.69, 9.17) is 5.73 Å². The van der Waals surface area contributed by atoms with Crippen molar-refractivity contribution >= 4 is 0 Å². The second kappa shape index (κ2) is 6.19. The predicted molar refractivity (Wildman–Crippen MR) is 74.0 cm³/mol. The summed E-state index contributed by atoms with van der Waals surface area (Å²) in [5, 5.41) is 0. The molecule has 3 atom stereocenters. The van der Waals surface area contributed by atoms with Gasteiger partial charge in [0.25, 0.3) is 0 Å². The molecule has 0 aromatic rings. The lowest BCUT2D eigenvalue weighted by atomic mass is 9.86. The van der Waals surface area contributed by atoms with E-state index in [0.717, 1.165) is 24.4 Å². The Hall–Kier alpha value is -0.0800. The molecule has 2 rings (SSSR count). The molecule has 0 bridgehead atoms. The Bertz CT molecular complexity index is 223. The van der Waals surface area contributed by atoms with E-state index >= 15 is 0 Å². The average molecular weight is 238 g/mol. The first-order valence-electron chi connectivity index (χ1n) is 7.72. The Morgan fingerprint density at radius 2 is 1.94 bits per heavy atom. The Balaban J connectivity index is 1.94. The summed E-state index contributed by atoms with van der Waals surface area (Å²) < 4.78 is 0. The second-order valence-electron chi connectivity index (χ2n) is 6.21. The lowest BCUT2D eigenvalue weighted by Gasteiger charge is -2.44. The molecule has 1 aliphatic carbocycles. The van der Waals surface area contributed by atoms with E-state index in [-0.39, 0.29) is 0 Å². The van der Waals surface area contributed by atoms with Crippen LogP contribution in [-0.2, 0) is 0 Å². The highest BCUT2D eigenvalue weighted by Crippen LogP contribution is 2.34. The molecule has 3 unspecified atom stereocenters. The van der Waals surface area contributed by atoms with Crippen LogP contribution in [-0.4, -0.2) is 30.1 Å². The van der Waals surface area contributed by atoms with Gasteiger partial charge in [-0.25, -0.2) is 0 Å². The van der Waals surface area contributed by atoms with E-state index in [2.05, 4.69) is 18.7 Å². The average Bonchev–Trinajstić information content (AvgIpc) is 2.91. The monoisotopic (exact) mass is 238 g/mol. The van der Waals surface area contributed by atoms with E-state index < -0.39 is 0 Å². The van der Waals surface area contributed by atoms with Crippen molar-refractivity contribution in [2.75, 3.05) is 13.1 Å². The first kappa shape index (κ1) is 13.4. The third kappa shape index (κ3) is 3.03. The molecular formula is C15H30N2. The number of nitrogens with zero attached hydrogens (tertiary/aromatic N) is 1. The quantitative estimate of drug-likeness (QED) is 0.816. The predicted octanol–water partition coefficient (Wildman–Crippen LogP) is 3.01. The van der Waals surface area contributed by atoms with Crippen molar-refractivity contribution in [3.63, 3.8) is 0 Å². The summed E-state index contributed by atoms with van der Waals surface area (Å²) >= 11 is 0. The number of piperidine rings is 1. The lowest BCUT2D eigenvalue weighted by Crippen LogP contribution is -2.52. The number of hydrogen-bond acceptors (Lipinski definition) is 2. The molecule has 2 N–H and O–H groups in total. The van der Waals surface area contributed by atoms with E-state index in [1.807, 2.05) is 0 Å². The highest BCUT2D eigenvalue weighted by Gasteiger charge is 2.33. The van der Waals surface area contributed by atoms with Gasteiger partial charge in [-0.2, -0.15) is 0 Å². The van der Waals surface area contributed by atoms with Gasteiger partial charge in [0.15, 0.2) is 0 Å². The van der Waals surface area contributed by atoms with E-state index in [9.17, 15) is 0 Å². The van der Waals surface area contributed by atoms with Gasteiger partial charge in [-0.1, -0.05) is 26.2 Å². The van der Waals surface area contributed by atoms with Crippen molar-refractivity contribution in [3.05, 3.63) is 0 Å². The number of hydrogen-bond donors (Lipinski definition) is 1. The van der Waals surface area contributed by atoms with Crippen LogP contribution in [0.1, 0.15) is 58.8 Å². The molecule has 100 valence electrons. The van der Waals surface area contributed by atoms with Crippen LogP contribution in [0.5, 0.6) is 0 Å². The van der Waals surface area contributed by atoms with Crippen molar-refractivity contribution in [1.82, 2.24) is 4.90 Å². The van der Waals surface area contributed by atoms with Crippen LogP contribution in [0, 0.1) is 11.8 Å². The molecule has 0 amide bonds. The maximum Gasteiger partial charge on any atom is 0.0223 e. The summed E-state index contributed by atoms with van der Waals surface area (Å²) in [4.78, 5) is 2.74. The fourth-order valence-electron chi connectivity index (χ4n) is 4.00. The molecule has 2 heteroatoms. The van der Waals surface area contributed by atoms with Crippen LogP contribution in [0.15, 0.2) is 0 Å². The molecule has 17 heavy (non-hydrogen) atoms. The van der Waals surface area contributed by atoms with E-state index in [1.54, 1.807) is 0 Å². The van der Waals surface area contributed by atoms with Crippen molar-refractivity contribution < 1.29 is 0 Å². The van der Waals surface area contributed by atoms with Gasteiger partial charge in [0, 0.05) is 18.6 Å². The van der Waals surface area contributed by atoms with Crippen LogP contribution in [0.4, 0.5) is 0 Å². The highest BCUT2D eigenvalue weighted by molar-refractivity contribution is 4.88. The van der Waals surface area contributed by atoms with Crippen LogP contribution in [0.25, 0.3) is 0 Å². The van der Waals surface area contributed by atoms with Gasteiger partial charge in [-0.3, -0.25) is 4.90 Å². The molecular weight excluding hydrogens is 208 g/mol. The zero-order chi connectivity index (χ0) is 12.3. The fraction of sp³-hybridized carbons (Fsp3) is 1.00. The molecule has 0 aromatic heterocycles. The molecule has 0 spiro atoms. The number of likely N-dealkylation sites (tertiary alicyclic amines) is 1. The van der Waals surface area contributed by atoms with Crippen molar-refractivity contribution in [1.29, 1.82) is 0 Å². The van der Waals surface area contributed by atoms with E-state index in [1.165, 1.54) is 51.5 Å². The lowest BCUT2D eigenvalue weighted by molar-refractivity contribution is 0.0519. The van der Waals surface area contributed by atoms with Gasteiger partial charge in [-0.15, -0.1) is 0 Å². The van der Waals surface area contributed by atoms with Crippen LogP contribution >= 0.6 is 0 Å². The Kier molecular flexibility index (Phi) is 4.87. The minimum absolute atomic E-state index is 0.657. The zero-order valence-corrected chi connectivity index (χ0v) is 11.7. The second-order valence-corrected chi connectivity index (χ2v) is 6.21. The molecule has 0 aromatic carbocycles. The van der Waals surface area contributed by atoms with Crippen molar-refractivity contribution in [2.24, 2.45) is 17.6 Å².